The van der Waals surface area contributed by atoms with Crippen LogP contribution in [0.15, 0.2) is 18.2 Å². The fourth-order valence-electron chi connectivity index (χ4n) is 2.00. The Kier molecular flexibility index (Phi) is 3.12. The number of rotatable bonds is 3. The lowest BCUT2D eigenvalue weighted by atomic mass is 10.2. The van der Waals surface area contributed by atoms with E-state index in [1.54, 1.807) is 7.11 Å². The van der Waals surface area contributed by atoms with Crippen molar-refractivity contribution in [2.75, 3.05) is 13.7 Å². The van der Waals surface area contributed by atoms with E-state index in [-0.39, 0.29) is 6.04 Å². The predicted molar refractivity (Wildman–Crippen MR) is 68.4 cm³/mol. The van der Waals surface area contributed by atoms with Gasteiger partial charge in [0.15, 0.2) is 4.77 Å². The van der Waals surface area contributed by atoms with Gasteiger partial charge in [-0.2, -0.15) is 0 Å². The van der Waals surface area contributed by atoms with Gasteiger partial charge in [0.1, 0.15) is 0 Å². The van der Waals surface area contributed by atoms with Crippen LogP contribution in [0.25, 0.3) is 11.0 Å². The van der Waals surface area contributed by atoms with Gasteiger partial charge in [-0.25, -0.2) is 0 Å². The van der Waals surface area contributed by atoms with Crippen molar-refractivity contribution in [1.82, 2.24) is 9.55 Å². The van der Waals surface area contributed by atoms with Crippen molar-refractivity contribution in [2.24, 2.45) is 0 Å². The van der Waals surface area contributed by atoms with Crippen molar-refractivity contribution in [1.29, 1.82) is 0 Å². The van der Waals surface area contributed by atoms with Crippen molar-refractivity contribution >= 4 is 23.3 Å². The molecule has 0 amide bonds. The summed E-state index contributed by atoms with van der Waals surface area (Å²) in [5, 5.41) is 0. The van der Waals surface area contributed by atoms with Crippen LogP contribution in [0.1, 0.15) is 18.5 Å². The molecular formula is C12H16N2OS. The number of fused-ring (bicyclic) bond motifs is 1. The summed E-state index contributed by atoms with van der Waals surface area (Å²) in [7, 11) is 1.71. The molecule has 0 aliphatic heterocycles. The van der Waals surface area contributed by atoms with Crippen molar-refractivity contribution in [2.45, 2.75) is 19.9 Å². The third-order valence-corrected chi connectivity index (χ3v) is 3.02. The smallest absolute Gasteiger partial charge is 0.178 e. The summed E-state index contributed by atoms with van der Waals surface area (Å²) in [6, 6.07) is 6.56. The lowest BCUT2D eigenvalue weighted by molar-refractivity contribution is 0.163. The maximum atomic E-state index is 5.34. The number of hydrogen-bond donors (Lipinski definition) is 1. The quantitative estimate of drug-likeness (QED) is 0.829. The Hall–Kier alpha value is -1.13. The van der Waals surface area contributed by atoms with Crippen molar-refractivity contribution < 1.29 is 4.74 Å². The first kappa shape index (κ1) is 11.4. The van der Waals surface area contributed by atoms with Gasteiger partial charge in [-0.3, -0.25) is 0 Å². The number of benzene rings is 1. The molecule has 0 saturated carbocycles. The third kappa shape index (κ3) is 1.90. The molecule has 2 rings (SSSR count). The van der Waals surface area contributed by atoms with Gasteiger partial charge in [0, 0.05) is 7.11 Å². The first-order chi connectivity index (χ1) is 7.63. The molecule has 1 aromatic carbocycles. The van der Waals surface area contributed by atoms with Crippen LogP contribution in [0.4, 0.5) is 0 Å². The zero-order chi connectivity index (χ0) is 11.7. The van der Waals surface area contributed by atoms with E-state index in [9.17, 15) is 0 Å². The molecular weight excluding hydrogens is 220 g/mol. The van der Waals surface area contributed by atoms with E-state index in [1.807, 2.05) is 0 Å². The number of nitrogens with zero attached hydrogens (tertiary/aromatic N) is 1. The average molecular weight is 236 g/mol. The van der Waals surface area contributed by atoms with Crippen LogP contribution in [0, 0.1) is 11.7 Å². The van der Waals surface area contributed by atoms with Gasteiger partial charge in [0.2, 0.25) is 0 Å². The first-order valence-electron chi connectivity index (χ1n) is 5.33. The monoisotopic (exact) mass is 236 g/mol. The highest BCUT2D eigenvalue weighted by Crippen LogP contribution is 2.20. The molecule has 0 bridgehead atoms. The molecule has 0 radical (unpaired) electrons. The number of hydrogen-bond acceptors (Lipinski definition) is 2. The highest BCUT2D eigenvalue weighted by Gasteiger charge is 2.10. The number of ether oxygens (including phenoxy) is 1. The summed E-state index contributed by atoms with van der Waals surface area (Å²) >= 11 is 5.34. The topological polar surface area (TPSA) is 29.9 Å². The standard InChI is InChI=1S/C12H16N2OS/c1-8-4-5-11-10(6-8)13-12(16)14(11)9(2)7-15-3/h4-6,9H,7H2,1-3H3,(H,13,16). The Balaban J connectivity index is 2.60. The van der Waals surface area contributed by atoms with Gasteiger partial charge in [-0.1, -0.05) is 6.07 Å². The van der Waals surface area contributed by atoms with E-state index in [0.29, 0.717) is 6.61 Å². The predicted octanol–water partition coefficient (Wildman–Crippen LogP) is 3.21. The minimum Gasteiger partial charge on any atom is -0.383 e. The lowest BCUT2D eigenvalue weighted by Gasteiger charge is -2.13. The number of H-pyrrole nitrogens is 1. The zero-order valence-electron chi connectivity index (χ0n) is 9.78. The fraction of sp³-hybridized carbons (Fsp3) is 0.417. The van der Waals surface area contributed by atoms with Crippen LogP contribution in [-0.2, 0) is 4.74 Å². The van der Waals surface area contributed by atoms with E-state index >= 15 is 0 Å². The molecule has 2 aromatic rings. The number of aryl methyl sites for hydroxylation is 1. The summed E-state index contributed by atoms with van der Waals surface area (Å²) in [4.78, 5) is 3.23. The van der Waals surface area contributed by atoms with Gasteiger partial charge < -0.3 is 14.3 Å². The minimum absolute atomic E-state index is 0.244. The van der Waals surface area contributed by atoms with Crippen LogP contribution in [-0.4, -0.2) is 23.3 Å². The van der Waals surface area contributed by atoms with Crippen LogP contribution in [0.5, 0.6) is 0 Å². The molecule has 0 aliphatic carbocycles. The molecule has 86 valence electrons. The summed E-state index contributed by atoms with van der Waals surface area (Å²) in [5.74, 6) is 0. The molecule has 3 nitrogen and oxygen atoms in total. The molecule has 1 heterocycles. The summed E-state index contributed by atoms with van der Waals surface area (Å²) in [5.41, 5.74) is 3.46. The Morgan fingerprint density at radius 2 is 2.25 bits per heavy atom. The summed E-state index contributed by atoms with van der Waals surface area (Å²) < 4.78 is 8.03. The molecule has 1 atom stereocenters. The normalized spacial score (nSPS) is 13.2. The van der Waals surface area contributed by atoms with Crippen molar-refractivity contribution in [3.8, 4) is 0 Å². The van der Waals surface area contributed by atoms with Gasteiger partial charge in [-0.05, 0) is 43.8 Å². The molecule has 0 spiro atoms. The highest BCUT2D eigenvalue weighted by molar-refractivity contribution is 7.71. The molecule has 1 aromatic heterocycles. The van der Waals surface area contributed by atoms with E-state index in [1.165, 1.54) is 5.56 Å². The average Bonchev–Trinajstić information content (AvgIpc) is 2.53. The van der Waals surface area contributed by atoms with E-state index in [4.69, 9.17) is 17.0 Å². The molecule has 0 fully saturated rings. The van der Waals surface area contributed by atoms with Gasteiger partial charge in [-0.15, -0.1) is 0 Å². The Morgan fingerprint density at radius 3 is 2.94 bits per heavy atom. The van der Waals surface area contributed by atoms with Gasteiger partial charge in [0.25, 0.3) is 0 Å². The van der Waals surface area contributed by atoms with Gasteiger partial charge in [0.05, 0.1) is 23.7 Å². The number of imidazole rings is 1. The van der Waals surface area contributed by atoms with Crippen LogP contribution in [0.3, 0.4) is 0 Å². The maximum absolute atomic E-state index is 5.34. The first-order valence-corrected chi connectivity index (χ1v) is 5.74. The van der Waals surface area contributed by atoms with Gasteiger partial charge >= 0.3 is 0 Å². The Bertz CT molecular complexity index is 556. The fourth-order valence-corrected chi connectivity index (χ4v) is 2.39. The molecule has 4 heteroatoms. The van der Waals surface area contributed by atoms with Crippen molar-refractivity contribution in [3.63, 3.8) is 0 Å². The number of aromatic nitrogens is 2. The Morgan fingerprint density at radius 1 is 1.50 bits per heavy atom. The second-order valence-electron chi connectivity index (χ2n) is 4.13. The van der Waals surface area contributed by atoms with Crippen LogP contribution < -0.4 is 0 Å². The van der Waals surface area contributed by atoms with E-state index in [0.717, 1.165) is 15.8 Å². The Labute approximate surface area is 100 Å². The largest absolute Gasteiger partial charge is 0.383 e. The maximum Gasteiger partial charge on any atom is 0.178 e. The minimum atomic E-state index is 0.244. The molecule has 1 unspecified atom stereocenters. The number of methoxy groups -OCH3 is 1. The van der Waals surface area contributed by atoms with Crippen LogP contribution in [0.2, 0.25) is 0 Å². The SMILES string of the molecule is COCC(C)n1c(=S)[nH]c2cc(C)ccc21. The van der Waals surface area contributed by atoms with E-state index < -0.39 is 0 Å². The second-order valence-corrected chi connectivity index (χ2v) is 4.51. The summed E-state index contributed by atoms with van der Waals surface area (Å²) in [6.07, 6.45) is 0. The summed E-state index contributed by atoms with van der Waals surface area (Å²) in [6.45, 7) is 4.84. The molecule has 1 N–H and O–H groups in total. The lowest BCUT2D eigenvalue weighted by Crippen LogP contribution is -2.10. The number of aromatic amines is 1. The molecule has 16 heavy (non-hydrogen) atoms. The van der Waals surface area contributed by atoms with E-state index in [2.05, 4.69) is 41.6 Å². The highest BCUT2D eigenvalue weighted by atomic mass is 32.1. The molecule has 0 aliphatic rings. The van der Waals surface area contributed by atoms with Crippen molar-refractivity contribution in [3.05, 3.63) is 28.5 Å². The molecule has 0 saturated heterocycles. The zero-order valence-corrected chi connectivity index (χ0v) is 10.6. The van der Waals surface area contributed by atoms with Crippen LogP contribution >= 0.6 is 12.2 Å². The second kappa shape index (κ2) is 4.39. The number of nitrogens with one attached hydrogen (secondary N) is 1. The third-order valence-electron chi connectivity index (χ3n) is 2.72.